The zero-order valence-corrected chi connectivity index (χ0v) is 18.2. The number of hydrogen-bond acceptors (Lipinski definition) is 6. The molecule has 0 saturated heterocycles. The number of rotatable bonds is 6. The van der Waals surface area contributed by atoms with Gasteiger partial charge in [0.1, 0.15) is 11.5 Å². The third-order valence-corrected chi connectivity index (χ3v) is 5.27. The molecule has 0 saturated carbocycles. The second-order valence-corrected chi connectivity index (χ2v) is 7.58. The molecule has 0 radical (unpaired) electrons. The van der Waals surface area contributed by atoms with Gasteiger partial charge < -0.3 is 16.2 Å². The minimum atomic E-state index is -1.07. The molecule has 0 atom stereocenters. The lowest BCUT2D eigenvalue weighted by Gasteiger charge is -2.10. The van der Waals surface area contributed by atoms with Gasteiger partial charge in [-0.3, -0.25) is 19.3 Å². The van der Waals surface area contributed by atoms with Gasteiger partial charge in [-0.1, -0.05) is 0 Å². The van der Waals surface area contributed by atoms with Crippen molar-refractivity contribution in [3.8, 4) is 0 Å². The Labute approximate surface area is 192 Å². The van der Waals surface area contributed by atoms with Crippen LogP contribution in [0.2, 0.25) is 0 Å². The van der Waals surface area contributed by atoms with Crippen molar-refractivity contribution in [2.75, 3.05) is 5.32 Å². The van der Waals surface area contributed by atoms with Crippen LogP contribution in [0.15, 0.2) is 42.6 Å². The molecule has 4 aromatic rings. The Hall–Kier alpha value is -4.67. The molecule has 10 nitrogen and oxygen atoms in total. The number of nitrogens with zero attached hydrogens (tertiary/aromatic N) is 4. The minimum Gasteiger partial charge on any atom is -0.478 e. The predicted molar refractivity (Wildman–Crippen MR) is 120 cm³/mol. The maximum Gasteiger partial charge on any atom is 0.337 e. The molecular weight excluding hydrogens is 443 g/mol. The van der Waals surface area contributed by atoms with Gasteiger partial charge in [-0.15, -0.1) is 0 Å². The third-order valence-electron chi connectivity index (χ3n) is 5.27. The van der Waals surface area contributed by atoms with Crippen LogP contribution in [-0.2, 0) is 6.54 Å². The van der Waals surface area contributed by atoms with Crippen molar-refractivity contribution in [2.45, 2.75) is 20.4 Å². The first-order valence-electron chi connectivity index (χ1n) is 10.1. The summed E-state index contributed by atoms with van der Waals surface area (Å²) in [5, 5.41) is 16.4. The maximum absolute atomic E-state index is 13.9. The summed E-state index contributed by atoms with van der Waals surface area (Å²) in [6.07, 6.45) is 1.26. The molecule has 0 aliphatic carbocycles. The van der Waals surface area contributed by atoms with Gasteiger partial charge in [-0.2, -0.15) is 5.10 Å². The van der Waals surface area contributed by atoms with E-state index in [1.54, 1.807) is 24.6 Å². The third kappa shape index (κ3) is 4.31. The summed E-state index contributed by atoms with van der Waals surface area (Å²) < 4.78 is 15.5. The largest absolute Gasteiger partial charge is 0.478 e. The quantitative estimate of drug-likeness (QED) is 0.398. The van der Waals surface area contributed by atoms with Crippen molar-refractivity contribution in [1.29, 1.82) is 0 Å². The first-order chi connectivity index (χ1) is 16.1. The lowest BCUT2D eigenvalue weighted by Crippen LogP contribution is -2.18. The molecule has 0 aliphatic rings. The number of aromatic nitrogens is 4. The van der Waals surface area contributed by atoms with Crippen LogP contribution < -0.4 is 11.1 Å². The molecule has 4 rings (SSSR count). The van der Waals surface area contributed by atoms with E-state index in [0.29, 0.717) is 22.8 Å². The Morgan fingerprint density at radius 1 is 1.15 bits per heavy atom. The summed E-state index contributed by atoms with van der Waals surface area (Å²) in [6, 6.07) is 7.96. The fourth-order valence-corrected chi connectivity index (χ4v) is 3.52. The Balaban J connectivity index is 1.66. The highest BCUT2D eigenvalue weighted by Gasteiger charge is 2.20. The van der Waals surface area contributed by atoms with Crippen LogP contribution in [-0.4, -0.2) is 42.6 Å². The fourth-order valence-electron chi connectivity index (χ4n) is 3.52. The normalized spacial score (nSPS) is 10.9. The molecule has 2 amide bonds. The van der Waals surface area contributed by atoms with Gasteiger partial charge in [-0.05, 0) is 50.2 Å². The minimum absolute atomic E-state index is 0.0378. The van der Waals surface area contributed by atoms with E-state index in [1.165, 1.54) is 30.5 Å². The van der Waals surface area contributed by atoms with E-state index in [0.717, 1.165) is 6.07 Å². The summed E-state index contributed by atoms with van der Waals surface area (Å²) in [6.45, 7) is 3.71. The highest BCUT2D eigenvalue weighted by Crippen LogP contribution is 2.24. The average Bonchev–Trinajstić information content (AvgIpc) is 3.05. The number of aromatic carboxylic acids is 1. The van der Waals surface area contributed by atoms with Gasteiger partial charge in [0, 0.05) is 11.6 Å². The molecular formula is C23H19FN6O4. The number of nitrogens with one attached hydrogen (secondary N) is 1. The number of hydrogen-bond donors (Lipinski definition) is 3. The lowest BCUT2D eigenvalue weighted by atomic mass is 10.1. The lowest BCUT2D eigenvalue weighted by molar-refractivity contribution is 0.0696. The van der Waals surface area contributed by atoms with Crippen molar-refractivity contribution in [1.82, 2.24) is 19.7 Å². The number of benzene rings is 1. The van der Waals surface area contributed by atoms with E-state index in [2.05, 4.69) is 20.4 Å². The van der Waals surface area contributed by atoms with E-state index in [4.69, 9.17) is 10.8 Å². The Bertz CT molecular complexity index is 1460. The van der Waals surface area contributed by atoms with Crippen molar-refractivity contribution in [3.63, 3.8) is 0 Å². The summed E-state index contributed by atoms with van der Waals surface area (Å²) in [4.78, 5) is 44.1. The molecule has 0 fully saturated rings. The van der Waals surface area contributed by atoms with Crippen LogP contribution in [0.1, 0.15) is 48.3 Å². The number of aryl methyl sites for hydroxylation is 1. The number of carbonyl (C=O) groups excluding carboxylic acids is 2. The van der Waals surface area contributed by atoms with Crippen molar-refractivity contribution < 1.29 is 23.9 Å². The molecule has 172 valence electrons. The predicted octanol–water partition coefficient (Wildman–Crippen LogP) is 2.68. The zero-order chi connectivity index (χ0) is 24.6. The van der Waals surface area contributed by atoms with Crippen molar-refractivity contribution in [2.24, 2.45) is 5.73 Å². The summed E-state index contributed by atoms with van der Waals surface area (Å²) in [5.41, 5.74) is 7.75. The van der Waals surface area contributed by atoms with E-state index in [-0.39, 0.29) is 34.3 Å². The summed E-state index contributed by atoms with van der Waals surface area (Å²) >= 11 is 0. The number of anilines is 1. The number of primary amides is 1. The molecule has 3 heterocycles. The second kappa shape index (κ2) is 8.70. The molecule has 34 heavy (non-hydrogen) atoms. The fraction of sp³-hybridized carbons (Fsp3) is 0.130. The summed E-state index contributed by atoms with van der Waals surface area (Å²) in [7, 11) is 0. The molecule has 0 aliphatic heterocycles. The van der Waals surface area contributed by atoms with E-state index in [9.17, 15) is 18.8 Å². The standard InChI is InChI=1S/C23H19FN6O4/c1-11-20(12(2)30(29-11)10-15-5-3-13(9-26-15)23(33)34)28-22(32)17-8-19(21(25)31)27-18-6-4-14(24)7-16(17)18/h3-9H,10H2,1-2H3,(H2,25,31)(H,28,32)(H,33,34). The molecule has 4 N–H and O–H groups in total. The number of fused-ring (bicyclic) bond motifs is 1. The molecule has 1 aromatic carbocycles. The van der Waals surface area contributed by atoms with Gasteiger partial charge in [0.25, 0.3) is 11.8 Å². The average molecular weight is 462 g/mol. The highest BCUT2D eigenvalue weighted by molar-refractivity contribution is 6.14. The number of nitrogens with two attached hydrogens (primary N) is 1. The highest BCUT2D eigenvalue weighted by atomic mass is 19.1. The molecule has 3 aromatic heterocycles. The molecule has 0 spiro atoms. The van der Waals surface area contributed by atoms with Crippen LogP contribution >= 0.6 is 0 Å². The van der Waals surface area contributed by atoms with Crippen LogP contribution in [0.4, 0.5) is 10.1 Å². The van der Waals surface area contributed by atoms with Crippen LogP contribution in [0.3, 0.4) is 0 Å². The number of carbonyl (C=O) groups is 3. The Kier molecular flexibility index (Phi) is 5.76. The van der Waals surface area contributed by atoms with Gasteiger partial charge in [-0.25, -0.2) is 14.2 Å². The number of carboxylic acids is 1. The number of halogens is 1. The number of pyridine rings is 2. The molecule has 0 bridgehead atoms. The van der Waals surface area contributed by atoms with Crippen LogP contribution in [0, 0.1) is 19.7 Å². The molecule has 11 heteroatoms. The Morgan fingerprint density at radius 2 is 1.91 bits per heavy atom. The number of carboxylic acid groups (broad SMARTS) is 1. The van der Waals surface area contributed by atoms with E-state index >= 15 is 0 Å². The maximum atomic E-state index is 13.9. The monoisotopic (exact) mass is 462 g/mol. The van der Waals surface area contributed by atoms with Gasteiger partial charge in [0.05, 0.1) is 46.0 Å². The zero-order valence-electron chi connectivity index (χ0n) is 18.2. The van der Waals surface area contributed by atoms with Crippen LogP contribution in [0.5, 0.6) is 0 Å². The van der Waals surface area contributed by atoms with Gasteiger partial charge in [0.2, 0.25) is 0 Å². The topological polar surface area (TPSA) is 153 Å². The number of amides is 2. The van der Waals surface area contributed by atoms with E-state index in [1.807, 2.05) is 0 Å². The first-order valence-corrected chi connectivity index (χ1v) is 10.1. The van der Waals surface area contributed by atoms with Gasteiger partial charge in [0.15, 0.2) is 0 Å². The SMILES string of the molecule is Cc1nn(Cc2ccc(C(=O)O)cn2)c(C)c1NC(=O)c1cc(C(N)=O)nc2ccc(F)cc12. The first kappa shape index (κ1) is 22.5. The smallest absolute Gasteiger partial charge is 0.337 e. The summed E-state index contributed by atoms with van der Waals surface area (Å²) in [5.74, 6) is -3.04. The van der Waals surface area contributed by atoms with Crippen molar-refractivity contribution in [3.05, 3.63) is 82.3 Å². The Morgan fingerprint density at radius 3 is 2.56 bits per heavy atom. The van der Waals surface area contributed by atoms with Crippen molar-refractivity contribution >= 4 is 34.4 Å². The molecule has 0 unspecified atom stereocenters. The van der Waals surface area contributed by atoms with E-state index < -0.39 is 23.6 Å². The second-order valence-electron chi connectivity index (χ2n) is 7.58. The van der Waals surface area contributed by atoms with Gasteiger partial charge >= 0.3 is 5.97 Å². The van der Waals surface area contributed by atoms with Crippen LogP contribution in [0.25, 0.3) is 10.9 Å².